The van der Waals surface area contributed by atoms with E-state index in [9.17, 15) is 9.59 Å². The number of hydrogen-bond acceptors (Lipinski definition) is 5. The Morgan fingerprint density at radius 1 is 1.35 bits per heavy atom. The number of thiazole rings is 1. The number of carbonyl (C=O) groups is 2. The first-order chi connectivity index (χ1) is 9.74. The van der Waals surface area contributed by atoms with Crippen LogP contribution in [0.15, 0.2) is 5.38 Å². The molecule has 0 unspecified atom stereocenters. The maximum Gasteiger partial charge on any atom is 0.228 e. The van der Waals surface area contributed by atoms with E-state index >= 15 is 0 Å². The summed E-state index contributed by atoms with van der Waals surface area (Å²) in [4.78, 5) is 31.8. The monoisotopic (exact) mass is 294 g/mol. The number of hydrogen-bond donors (Lipinski definition) is 1. The molecule has 0 atom stereocenters. The quantitative estimate of drug-likeness (QED) is 0.867. The normalized spacial score (nSPS) is 19.7. The summed E-state index contributed by atoms with van der Waals surface area (Å²) in [6.45, 7) is 3.99. The van der Waals surface area contributed by atoms with Crippen molar-refractivity contribution in [3.05, 3.63) is 11.1 Å². The van der Waals surface area contributed by atoms with Crippen LogP contribution >= 0.6 is 11.3 Å². The zero-order valence-corrected chi connectivity index (χ0v) is 12.1. The largest absolute Gasteiger partial charge is 0.340 e. The highest BCUT2D eigenvalue weighted by atomic mass is 32.1. The molecule has 0 radical (unpaired) electrons. The van der Waals surface area contributed by atoms with Crippen LogP contribution in [0.3, 0.4) is 0 Å². The molecular weight excluding hydrogens is 276 g/mol. The predicted octanol–water partition coefficient (Wildman–Crippen LogP) is 0.244. The van der Waals surface area contributed by atoms with Crippen LogP contribution in [0.1, 0.15) is 18.5 Å². The van der Waals surface area contributed by atoms with Gasteiger partial charge in [0, 0.05) is 44.5 Å². The van der Waals surface area contributed by atoms with E-state index in [1.807, 2.05) is 10.3 Å². The van der Waals surface area contributed by atoms with E-state index in [1.54, 1.807) is 4.90 Å². The van der Waals surface area contributed by atoms with Crippen molar-refractivity contribution in [1.29, 1.82) is 0 Å². The van der Waals surface area contributed by atoms with Gasteiger partial charge < -0.3 is 10.2 Å². The maximum absolute atomic E-state index is 12.1. The standard InChI is InChI=1S/C13H18N4O2S/c18-11-2-1-5-17(11)13-15-10(9-20-13)8-12(19)16-6-3-14-4-7-16/h9,14H,1-8H2. The average Bonchev–Trinajstić information content (AvgIpc) is 3.08. The molecule has 2 saturated heterocycles. The van der Waals surface area contributed by atoms with Gasteiger partial charge >= 0.3 is 0 Å². The molecule has 0 aliphatic carbocycles. The lowest BCUT2D eigenvalue weighted by atomic mass is 10.2. The lowest BCUT2D eigenvalue weighted by Gasteiger charge is -2.27. The van der Waals surface area contributed by atoms with Crippen molar-refractivity contribution in [3.8, 4) is 0 Å². The summed E-state index contributed by atoms with van der Waals surface area (Å²) in [5.74, 6) is 0.260. The van der Waals surface area contributed by atoms with Gasteiger partial charge in [0.25, 0.3) is 0 Å². The van der Waals surface area contributed by atoms with Crippen molar-refractivity contribution in [2.24, 2.45) is 0 Å². The Kier molecular flexibility index (Phi) is 3.98. The van der Waals surface area contributed by atoms with Crippen LogP contribution in [-0.2, 0) is 16.0 Å². The molecule has 0 bridgehead atoms. The maximum atomic E-state index is 12.1. The van der Waals surface area contributed by atoms with Crippen molar-refractivity contribution in [3.63, 3.8) is 0 Å². The lowest BCUT2D eigenvalue weighted by Crippen LogP contribution is -2.46. The number of amides is 2. The summed E-state index contributed by atoms with van der Waals surface area (Å²) in [5.41, 5.74) is 0.772. The molecule has 7 heteroatoms. The molecule has 1 aromatic heterocycles. The predicted molar refractivity (Wildman–Crippen MR) is 76.9 cm³/mol. The Balaban J connectivity index is 1.62. The van der Waals surface area contributed by atoms with Crippen LogP contribution in [0.2, 0.25) is 0 Å². The van der Waals surface area contributed by atoms with E-state index in [0.717, 1.165) is 50.0 Å². The highest BCUT2D eigenvalue weighted by Crippen LogP contribution is 2.25. The van der Waals surface area contributed by atoms with E-state index in [4.69, 9.17) is 0 Å². The third-order valence-corrected chi connectivity index (χ3v) is 4.56. The van der Waals surface area contributed by atoms with Gasteiger partial charge in [-0.05, 0) is 6.42 Å². The van der Waals surface area contributed by atoms with Gasteiger partial charge in [0.2, 0.25) is 11.8 Å². The summed E-state index contributed by atoms with van der Waals surface area (Å²) in [6.07, 6.45) is 1.83. The van der Waals surface area contributed by atoms with Gasteiger partial charge in [-0.3, -0.25) is 14.5 Å². The molecule has 1 N–H and O–H groups in total. The number of piperazine rings is 1. The molecule has 2 amide bonds. The van der Waals surface area contributed by atoms with E-state index in [1.165, 1.54) is 11.3 Å². The first-order valence-corrected chi connectivity index (χ1v) is 7.85. The minimum absolute atomic E-state index is 0.121. The Hall–Kier alpha value is -1.47. The SMILES string of the molecule is O=C(Cc1csc(N2CCCC2=O)n1)N1CCNCC1. The van der Waals surface area contributed by atoms with Crippen molar-refractivity contribution < 1.29 is 9.59 Å². The second-order valence-corrected chi connectivity index (χ2v) is 5.91. The van der Waals surface area contributed by atoms with Crippen molar-refractivity contribution in [1.82, 2.24) is 15.2 Å². The van der Waals surface area contributed by atoms with Crippen LogP contribution in [0.5, 0.6) is 0 Å². The zero-order valence-electron chi connectivity index (χ0n) is 11.3. The van der Waals surface area contributed by atoms with E-state index in [-0.39, 0.29) is 11.8 Å². The lowest BCUT2D eigenvalue weighted by molar-refractivity contribution is -0.131. The smallest absolute Gasteiger partial charge is 0.228 e. The number of anilines is 1. The molecule has 2 aliphatic heterocycles. The molecular formula is C13H18N4O2S. The summed E-state index contributed by atoms with van der Waals surface area (Å²) in [6, 6.07) is 0. The second kappa shape index (κ2) is 5.88. The fourth-order valence-corrected chi connectivity index (χ4v) is 3.40. The van der Waals surface area contributed by atoms with Crippen molar-refractivity contribution >= 4 is 28.3 Å². The van der Waals surface area contributed by atoms with Crippen molar-refractivity contribution in [2.45, 2.75) is 19.3 Å². The number of nitrogens with one attached hydrogen (secondary N) is 1. The number of aromatic nitrogens is 1. The molecule has 2 aliphatic rings. The first kappa shape index (κ1) is 13.5. The third-order valence-electron chi connectivity index (χ3n) is 3.65. The van der Waals surface area contributed by atoms with Gasteiger partial charge in [-0.2, -0.15) is 0 Å². The molecule has 0 saturated carbocycles. The van der Waals surface area contributed by atoms with Gasteiger partial charge in [-0.1, -0.05) is 0 Å². The first-order valence-electron chi connectivity index (χ1n) is 6.97. The Morgan fingerprint density at radius 3 is 2.85 bits per heavy atom. The highest BCUT2D eigenvalue weighted by molar-refractivity contribution is 7.14. The Morgan fingerprint density at radius 2 is 2.15 bits per heavy atom. The fourth-order valence-electron chi connectivity index (χ4n) is 2.53. The van der Waals surface area contributed by atoms with Gasteiger partial charge in [0.15, 0.2) is 5.13 Å². The van der Waals surface area contributed by atoms with Crippen LogP contribution in [-0.4, -0.2) is 54.4 Å². The van der Waals surface area contributed by atoms with Crippen LogP contribution in [0.4, 0.5) is 5.13 Å². The van der Waals surface area contributed by atoms with E-state index in [0.29, 0.717) is 12.8 Å². The van der Waals surface area contributed by atoms with Gasteiger partial charge in [0.05, 0.1) is 12.1 Å². The van der Waals surface area contributed by atoms with Crippen LogP contribution < -0.4 is 10.2 Å². The van der Waals surface area contributed by atoms with Crippen LogP contribution in [0.25, 0.3) is 0 Å². The number of carbonyl (C=O) groups excluding carboxylic acids is 2. The summed E-state index contributed by atoms with van der Waals surface area (Å²) >= 11 is 1.45. The Bertz CT molecular complexity index is 510. The molecule has 108 valence electrons. The van der Waals surface area contributed by atoms with Gasteiger partial charge in [-0.25, -0.2) is 4.98 Å². The van der Waals surface area contributed by atoms with Gasteiger partial charge in [-0.15, -0.1) is 11.3 Å². The topological polar surface area (TPSA) is 65.5 Å². The number of nitrogens with zero attached hydrogens (tertiary/aromatic N) is 3. The van der Waals surface area contributed by atoms with Gasteiger partial charge in [0.1, 0.15) is 0 Å². The summed E-state index contributed by atoms with van der Waals surface area (Å²) in [7, 11) is 0. The molecule has 6 nitrogen and oxygen atoms in total. The molecule has 0 spiro atoms. The molecule has 2 fully saturated rings. The molecule has 0 aromatic carbocycles. The minimum atomic E-state index is 0.121. The van der Waals surface area contributed by atoms with Crippen LogP contribution in [0, 0.1) is 0 Å². The summed E-state index contributed by atoms with van der Waals surface area (Å²) in [5, 5.41) is 5.85. The minimum Gasteiger partial charge on any atom is -0.340 e. The average molecular weight is 294 g/mol. The molecule has 1 aromatic rings. The molecule has 20 heavy (non-hydrogen) atoms. The molecule has 3 heterocycles. The fraction of sp³-hybridized carbons (Fsp3) is 0.615. The zero-order chi connectivity index (χ0) is 13.9. The van der Waals surface area contributed by atoms with Crippen molar-refractivity contribution in [2.75, 3.05) is 37.6 Å². The molecule has 3 rings (SSSR count). The second-order valence-electron chi connectivity index (χ2n) is 5.08. The number of rotatable bonds is 3. The highest BCUT2D eigenvalue weighted by Gasteiger charge is 2.25. The Labute approximate surface area is 121 Å². The third kappa shape index (κ3) is 2.83. The van der Waals surface area contributed by atoms with E-state index < -0.39 is 0 Å². The van der Waals surface area contributed by atoms with E-state index in [2.05, 4.69) is 10.3 Å². The summed E-state index contributed by atoms with van der Waals surface area (Å²) < 4.78 is 0.